The van der Waals surface area contributed by atoms with Crippen molar-refractivity contribution in [1.82, 2.24) is 10.6 Å². The summed E-state index contributed by atoms with van der Waals surface area (Å²) in [5.41, 5.74) is 1.72. The van der Waals surface area contributed by atoms with Crippen LogP contribution >= 0.6 is 0 Å². The zero-order valence-electron chi connectivity index (χ0n) is 14.9. The fraction of sp³-hybridized carbons (Fsp3) is 0.350. The molecule has 2 N–H and O–H groups in total. The quantitative estimate of drug-likeness (QED) is 0.638. The largest absolute Gasteiger partial charge is 0.367 e. The molecule has 1 aliphatic rings. The molecule has 2 aromatic rings. The van der Waals surface area contributed by atoms with E-state index < -0.39 is 11.6 Å². The second-order valence-corrected chi connectivity index (χ2v) is 6.41. The Hall–Kier alpha value is -2.63. The molecule has 26 heavy (non-hydrogen) atoms. The summed E-state index contributed by atoms with van der Waals surface area (Å²) in [6, 6.07) is 14.2. The minimum Gasteiger partial charge on any atom is -0.367 e. The van der Waals surface area contributed by atoms with Crippen molar-refractivity contribution in [3.63, 3.8) is 0 Å². The highest BCUT2D eigenvalue weighted by atomic mass is 19.1. The Balaban J connectivity index is 1.49. The van der Waals surface area contributed by atoms with Crippen LogP contribution in [-0.2, 0) is 6.42 Å². The lowest BCUT2D eigenvalue weighted by Crippen LogP contribution is -2.45. The fourth-order valence-electron chi connectivity index (χ4n) is 3.19. The third-order valence-corrected chi connectivity index (χ3v) is 4.55. The number of halogens is 2. The van der Waals surface area contributed by atoms with Crippen LogP contribution < -0.4 is 15.5 Å². The van der Waals surface area contributed by atoms with E-state index in [2.05, 4.69) is 27.8 Å². The SMILES string of the molecule is CN=C(NCCc1ccccc1)NC1CCN(c2ccc(F)cc2F)C1. The second-order valence-electron chi connectivity index (χ2n) is 6.41. The number of guanidine groups is 1. The number of aliphatic imine (C=N–C) groups is 1. The van der Waals surface area contributed by atoms with Crippen LogP contribution in [0, 0.1) is 11.6 Å². The lowest BCUT2D eigenvalue weighted by Gasteiger charge is -2.21. The van der Waals surface area contributed by atoms with Gasteiger partial charge in [0.2, 0.25) is 0 Å². The number of rotatable bonds is 5. The second kappa shape index (κ2) is 8.65. The van der Waals surface area contributed by atoms with Gasteiger partial charge in [0.1, 0.15) is 11.6 Å². The molecule has 1 aliphatic heterocycles. The molecule has 0 bridgehead atoms. The maximum absolute atomic E-state index is 13.9. The van der Waals surface area contributed by atoms with Crippen molar-refractivity contribution in [3.8, 4) is 0 Å². The van der Waals surface area contributed by atoms with Crippen molar-refractivity contribution in [3.05, 3.63) is 65.7 Å². The van der Waals surface area contributed by atoms with E-state index in [0.717, 1.165) is 38.0 Å². The van der Waals surface area contributed by atoms with Crippen LogP contribution in [-0.4, -0.2) is 38.7 Å². The third kappa shape index (κ3) is 4.71. The van der Waals surface area contributed by atoms with Crippen LogP contribution in [0.1, 0.15) is 12.0 Å². The van der Waals surface area contributed by atoms with E-state index in [0.29, 0.717) is 12.2 Å². The monoisotopic (exact) mass is 358 g/mol. The van der Waals surface area contributed by atoms with Crippen LogP contribution in [0.15, 0.2) is 53.5 Å². The highest BCUT2D eigenvalue weighted by Crippen LogP contribution is 2.24. The molecule has 1 atom stereocenters. The van der Waals surface area contributed by atoms with Gasteiger partial charge in [-0.15, -0.1) is 0 Å². The minimum atomic E-state index is -0.553. The first-order chi connectivity index (χ1) is 12.7. The van der Waals surface area contributed by atoms with Crippen LogP contribution in [0.5, 0.6) is 0 Å². The zero-order chi connectivity index (χ0) is 18.4. The van der Waals surface area contributed by atoms with Gasteiger partial charge in [0.25, 0.3) is 0 Å². The third-order valence-electron chi connectivity index (χ3n) is 4.55. The molecule has 3 rings (SSSR count). The van der Waals surface area contributed by atoms with Crippen molar-refractivity contribution >= 4 is 11.6 Å². The summed E-state index contributed by atoms with van der Waals surface area (Å²) in [6.07, 6.45) is 1.79. The molecule has 0 spiro atoms. The smallest absolute Gasteiger partial charge is 0.191 e. The van der Waals surface area contributed by atoms with Crippen molar-refractivity contribution in [2.75, 3.05) is 31.6 Å². The fourth-order valence-corrected chi connectivity index (χ4v) is 3.19. The summed E-state index contributed by atoms with van der Waals surface area (Å²) in [5, 5.41) is 6.70. The van der Waals surface area contributed by atoms with Gasteiger partial charge in [-0.2, -0.15) is 0 Å². The summed E-state index contributed by atoms with van der Waals surface area (Å²) >= 11 is 0. The highest BCUT2D eigenvalue weighted by molar-refractivity contribution is 5.80. The van der Waals surface area contributed by atoms with Crippen molar-refractivity contribution in [2.24, 2.45) is 4.99 Å². The van der Waals surface area contributed by atoms with Gasteiger partial charge in [0, 0.05) is 38.8 Å². The van der Waals surface area contributed by atoms with Gasteiger partial charge < -0.3 is 15.5 Å². The molecule has 1 saturated heterocycles. The minimum absolute atomic E-state index is 0.169. The molecule has 4 nitrogen and oxygen atoms in total. The van der Waals surface area contributed by atoms with Gasteiger partial charge in [-0.1, -0.05) is 30.3 Å². The molecular formula is C20H24F2N4. The van der Waals surface area contributed by atoms with Crippen molar-refractivity contribution < 1.29 is 8.78 Å². The predicted molar refractivity (Wildman–Crippen MR) is 102 cm³/mol. The highest BCUT2D eigenvalue weighted by Gasteiger charge is 2.25. The van der Waals surface area contributed by atoms with Crippen molar-refractivity contribution in [2.45, 2.75) is 18.9 Å². The van der Waals surface area contributed by atoms with Gasteiger partial charge in [0.15, 0.2) is 5.96 Å². The number of hydrogen-bond donors (Lipinski definition) is 2. The number of nitrogens with zero attached hydrogens (tertiary/aromatic N) is 2. The molecule has 0 radical (unpaired) electrons. The van der Waals surface area contributed by atoms with Crippen molar-refractivity contribution in [1.29, 1.82) is 0 Å². The molecule has 138 valence electrons. The number of benzene rings is 2. The summed E-state index contributed by atoms with van der Waals surface area (Å²) < 4.78 is 27.0. The van der Waals surface area contributed by atoms with E-state index in [1.165, 1.54) is 17.7 Å². The van der Waals surface area contributed by atoms with E-state index >= 15 is 0 Å². The molecule has 1 fully saturated rings. The Morgan fingerprint density at radius 1 is 1.19 bits per heavy atom. The van der Waals surface area contributed by atoms with Gasteiger partial charge in [0.05, 0.1) is 5.69 Å². The first-order valence-electron chi connectivity index (χ1n) is 8.87. The van der Waals surface area contributed by atoms with Gasteiger partial charge >= 0.3 is 0 Å². The predicted octanol–water partition coefficient (Wildman–Crippen LogP) is 2.95. The standard InChI is InChI=1S/C20H24F2N4/c1-23-20(24-11-9-15-5-3-2-4-6-15)25-17-10-12-26(14-17)19-8-7-16(21)13-18(19)22/h2-8,13,17H,9-12,14H2,1H3,(H2,23,24,25). The normalized spacial score (nSPS) is 17.4. The average Bonchev–Trinajstić information content (AvgIpc) is 3.10. The molecule has 1 unspecified atom stereocenters. The Kier molecular flexibility index (Phi) is 6.04. The van der Waals surface area contributed by atoms with E-state index in [-0.39, 0.29) is 6.04 Å². The lowest BCUT2D eigenvalue weighted by atomic mass is 10.1. The van der Waals surface area contributed by atoms with Crippen LogP contribution in [0.3, 0.4) is 0 Å². The number of anilines is 1. The van der Waals surface area contributed by atoms with Crippen LogP contribution in [0.2, 0.25) is 0 Å². The topological polar surface area (TPSA) is 39.7 Å². The molecule has 0 amide bonds. The molecule has 0 saturated carbocycles. The molecule has 0 aromatic heterocycles. The zero-order valence-corrected chi connectivity index (χ0v) is 14.9. The summed E-state index contributed by atoms with van der Waals surface area (Å²) in [7, 11) is 1.74. The number of hydrogen-bond acceptors (Lipinski definition) is 2. The first-order valence-corrected chi connectivity index (χ1v) is 8.87. The molecular weight excluding hydrogens is 334 g/mol. The Morgan fingerprint density at radius 3 is 2.73 bits per heavy atom. The first kappa shape index (κ1) is 18.2. The Labute approximate surface area is 152 Å². The molecule has 1 heterocycles. The number of nitrogens with one attached hydrogen (secondary N) is 2. The Bertz CT molecular complexity index is 749. The summed E-state index contributed by atoms with van der Waals surface area (Å²) in [6.45, 7) is 2.16. The lowest BCUT2D eigenvalue weighted by molar-refractivity contribution is 0.580. The summed E-state index contributed by atoms with van der Waals surface area (Å²) in [4.78, 5) is 6.20. The maximum atomic E-state index is 13.9. The maximum Gasteiger partial charge on any atom is 0.191 e. The van der Waals surface area contributed by atoms with Gasteiger partial charge in [-0.05, 0) is 30.5 Å². The van der Waals surface area contributed by atoms with E-state index in [4.69, 9.17) is 0 Å². The molecule has 0 aliphatic carbocycles. The molecule has 2 aromatic carbocycles. The van der Waals surface area contributed by atoms with E-state index in [1.54, 1.807) is 7.05 Å². The van der Waals surface area contributed by atoms with Crippen LogP contribution in [0.25, 0.3) is 0 Å². The summed E-state index contributed by atoms with van der Waals surface area (Å²) in [5.74, 6) is -0.327. The van der Waals surface area contributed by atoms with E-state index in [9.17, 15) is 8.78 Å². The average molecular weight is 358 g/mol. The van der Waals surface area contributed by atoms with E-state index in [1.807, 2.05) is 23.1 Å². The van der Waals surface area contributed by atoms with Gasteiger partial charge in [-0.25, -0.2) is 8.78 Å². The Morgan fingerprint density at radius 2 is 2.00 bits per heavy atom. The van der Waals surface area contributed by atoms with Gasteiger partial charge in [-0.3, -0.25) is 4.99 Å². The molecule has 6 heteroatoms. The van der Waals surface area contributed by atoms with Crippen LogP contribution in [0.4, 0.5) is 14.5 Å².